The molecule has 0 aromatic heterocycles. The molecule has 2 aromatic carbocycles. The van der Waals surface area contributed by atoms with E-state index in [4.69, 9.17) is 22.1 Å². The third-order valence-electron chi connectivity index (χ3n) is 7.32. The van der Waals surface area contributed by atoms with E-state index < -0.39 is 0 Å². The maximum atomic E-state index is 13.0. The first-order chi connectivity index (χ1) is 16.0. The molecule has 2 fully saturated rings. The summed E-state index contributed by atoms with van der Waals surface area (Å²) >= 11 is 5.99. The van der Waals surface area contributed by atoms with Crippen molar-refractivity contribution in [1.29, 1.82) is 0 Å². The lowest BCUT2D eigenvalue weighted by molar-refractivity contribution is 0.0101. The summed E-state index contributed by atoms with van der Waals surface area (Å²) in [7, 11) is 0. The maximum Gasteiger partial charge on any atom is 0.253 e. The van der Waals surface area contributed by atoms with Crippen LogP contribution in [0.15, 0.2) is 36.4 Å². The molecule has 2 aromatic rings. The summed E-state index contributed by atoms with van der Waals surface area (Å²) in [4.78, 5) is 17.7. The summed E-state index contributed by atoms with van der Waals surface area (Å²) in [5.74, 6) is 1.09. The number of hydrogen-bond acceptors (Lipinski definition) is 4. The molecule has 6 heteroatoms. The number of piperidine rings is 1. The van der Waals surface area contributed by atoms with Crippen LogP contribution in [-0.4, -0.2) is 54.5 Å². The topological polar surface area (TPSA) is 58.8 Å². The van der Waals surface area contributed by atoms with Crippen molar-refractivity contribution in [3.05, 3.63) is 63.7 Å². The van der Waals surface area contributed by atoms with Gasteiger partial charge in [-0.25, -0.2) is 0 Å². The molecule has 0 aliphatic carbocycles. The fraction of sp³-hybridized carbons (Fsp3) is 0.519. The smallest absolute Gasteiger partial charge is 0.253 e. The van der Waals surface area contributed by atoms with E-state index in [-0.39, 0.29) is 5.91 Å². The standard InChI is InChI=1S/C27H36ClN3O2/c1-19-20(2)26(33-17-4-3-14-29)13-12-24(19)25-7-5-6-23-18-30(15-16-31(23)25)27(32)21-8-10-22(28)11-9-21/h8-13,23,25H,3-7,14-18,29H2,1-2H3/t23-,25?/m0/s1. The molecule has 2 atom stereocenters. The highest BCUT2D eigenvalue weighted by atomic mass is 35.5. The van der Waals surface area contributed by atoms with E-state index in [9.17, 15) is 4.79 Å². The second-order valence-electron chi connectivity index (χ2n) is 9.34. The predicted octanol–water partition coefficient (Wildman–Crippen LogP) is 5.13. The molecule has 1 unspecified atom stereocenters. The zero-order valence-corrected chi connectivity index (χ0v) is 20.6. The Kier molecular flexibility index (Phi) is 7.94. The van der Waals surface area contributed by atoms with E-state index in [1.807, 2.05) is 17.0 Å². The summed E-state index contributed by atoms with van der Waals surface area (Å²) < 4.78 is 6.04. The van der Waals surface area contributed by atoms with Gasteiger partial charge in [0, 0.05) is 42.3 Å². The Morgan fingerprint density at radius 3 is 2.61 bits per heavy atom. The lowest BCUT2D eigenvalue weighted by Gasteiger charge is -2.48. The maximum absolute atomic E-state index is 13.0. The number of hydrogen-bond donors (Lipinski definition) is 1. The number of unbranched alkanes of at least 4 members (excludes halogenated alkanes) is 1. The van der Waals surface area contributed by atoms with Crippen molar-refractivity contribution in [2.24, 2.45) is 5.73 Å². The Morgan fingerprint density at radius 2 is 1.85 bits per heavy atom. The van der Waals surface area contributed by atoms with Gasteiger partial charge in [0.2, 0.25) is 0 Å². The summed E-state index contributed by atoms with van der Waals surface area (Å²) in [6.07, 6.45) is 5.47. The van der Waals surface area contributed by atoms with Gasteiger partial charge in [0.25, 0.3) is 5.91 Å². The molecule has 2 saturated heterocycles. The quantitative estimate of drug-likeness (QED) is 0.571. The van der Waals surface area contributed by atoms with Crippen molar-refractivity contribution in [2.45, 2.75) is 58.0 Å². The number of nitrogens with two attached hydrogens (primary N) is 1. The van der Waals surface area contributed by atoms with Gasteiger partial charge in [-0.15, -0.1) is 0 Å². The van der Waals surface area contributed by atoms with E-state index in [0.717, 1.165) is 44.6 Å². The zero-order valence-electron chi connectivity index (χ0n) is 19.9. The second kappa shape index (κ2) is 10.9. The van der Waals surface area contributed by atoms with Gasteiger partial charge in [-0.3, -0.25) is 9.69 Å². The molecule has 33 heavy (non-hydrogen) atoms. The summed E-state index contributed by atoms with van der Waals surface area (Å²) in [5.41, 5.74) is 10.3. The molecule has 5 nitrogen and oxygen atoms in total. The minimum atomic E-state index is 0.108. The van der Waals surface area contributed by atoms with E-state index in [1.54, 1.807) is 12.1 Å². The van der Waals surface area contributed by atoms with Crippen molar-refractivity contribution < 1.29 is 9.53 Å². The Bertz CT molecular complexity index is 963. The Hall–Kier alpha value is -2.08. The van der Waals surface area contributed by atoms with Crippen LogP contribution in [0.1, 0.15) is 65.2 Å². The number of carbonyl (C=O) groups is 1. The average molecular weight is 470 g/mol. The Labute approximate surface area is 202 Å². The SMILES string of the molecule is Cc1c(OCCCCN)ccc(C2CCC[C@H]3CN(C(=O)c4ccc(Cl)cc4)CCN23)c1C. The van der Waals surface area contributed by atoms with Crippen molar-refractivity contribution in [2.75, 3.05) is 32.8 Å². The molecule has 178 valence electrons. The molecule has 2 N–H and O–H groups in total. The van der Waals surface area contributed by atoms with Crippen LogP contribution >= 0.6 is 11.6 Å². The van der Waals surface area contributed by atoms with E-state index >= 15 is 0 Å². The van der Waals surface area contributed by atoms with Gasteiger partial charge in [-0.1, -0.05) is 17.7 Å². The monoisotopic (exact) mass is 469 g/mol. The van der Waals surface area contributed by atoms with Crippen molar-refractivity contribution in [3.8, 4) is 5.75 Å². The van der Waals surface area contributed by atoms with Gasteiger partial charge >= 0.3 is 0 Å². The highest BCUT2D eigenvalue weighted by molar-refractivity contribution is 6.30. The van der Waals surface area contributed by atoms with Gasteiger partial charge in [-0.05, 0) is 99.5 Å². The predicted molar refractivity (Wildman–Crippen MR) is 134 cm³/mol. The van der Waals surface area contributed by atoms with Crippen molar-refractivity contribution >= 4 is 17.5 Å². The summed E-state index contributed by atoms with van der Waals surface area (Å²) in [5, 5.41) is 0.657. The molecule has 0 bridgehead atoms. The van der Waals surface area contributed by atoms with Crippen LogP contribution in [0.25, 0.3) is 0 Å². The molecular formula is C27H36ClN3O2. The Morgan fingerprint density at radius 1 is 1.06 bits per heavy atom. The lowest BCUT2D eigenvalue weighted by Crippen LogP contribution is -2.57. The Balaban J connectivity index is 1.45. The van der Waals surface area contributed by atoms with Gasteiger partial charge in [-0.2, -0.15) is 0 Å². The van der Waals surface area contributed by atoms with Crippen LogP contribution in [0, 0.1) is 13.8 Å². The van der Waals surface area contributed by atoms with Crippen LogP contribution in [-0.2, 0) is 0 Å². The van der Waals surface area contributed by atoms with Crippen LogP contribution < -0.4 is 10.5 Å². The molecule has 2 aliphatic rings. The average Bonchev–Trinajstić information content (AvgIpc) is 2.84. The van der Waals surface area contributed by atoms with Gasteiger partial charge < -0.3 is 15.4 Å². The van der Waals surface area contributed by atoms with Crippen LogP contribution in [0.5, 0.6) is 5.75 Å². The largest absolute Gasteiger partial charge is 0.493 e. The van der Waals surface area contributed by atoms with E-state index in [1.165, 1.54) is 29.5 Å². The third kappa shape index (κ3) is 5.37. The molecule has 1 amide bonds. The van der Waals surface area contributed by atoms with Crippen LogP contribution in [0.4, 0.5) is 0 Å². The number of benzene rings is 2. The van der Waals surface area contributed by atoms with Gasteiger partial charge in [0.05, 0.1) is 6.61 Å². The molecule has 2 aliphatic heterocycles. The first kappa shape index (κ1) is 24.1. The number of nitrogens with zero attached hydrogens (tertiary/aromatic N) is 2. The number of ether oxygens (including phenoxy) is 1. The summed E-state index contributed by atoms with van der Waals surface area (Å²) in [6.45, 7) is 8.27. The third-order valence-corrected chi connectivity index (χ3v) is 7.57. The van der Waals surface area contributed by atoms with E-state index in [0.29, 0.717) is 35.8 Å². The molecule has 4 rings (SSSR count). The first-order valence-electron chi connectivity index (χ1n) is 12.2. The van der Waals surface area contributed by atoms with Crippen molar-refractivity contribution in [1.82, 2.24) is 9.80 Å². The highest BCUT2D eigenvalue weighted by Crippen LogP contribution is 2.39. The van der Waals surface area contributed by atoms with Gasteiger partial charge in [0.15, 0.2) is 0 Å². The van der Waals surface area contributed by atoms with Crippen LogP contribution in [0.3, 0.4) is 0 Å². The number of carbonyl (C=O) groups excluding carboxylic acids is 1. The normalized spacial score (nSPS) is 21.0. The zero-order chi connectivity index (χ0) is 23.4. The molecule has 0 radical (unpaired) electrons. The first-order valence-corrected chi connectivity index (χ1v) is 12.6. The molecule has 0 saturated carbocycles. The summed E-state index contributed by atoms with van der Waals surface area (Å²) in [6, 6.07) is 12.4. The van der Waals surface area contributed by atoms with Crippen LogP contribution in [0.2, 0.25) is 5.02 Å². The highest BCUT2D eigenvalue weighted by Gasteiger charge is 2.37. The fourth-order valence-electron chi connectivity index (χ4n) is 5.31. The molecule has 0 spiro atoms. The minimum Gasteiger partial charge on any atom is -0.493 e. The lowest BCUT2D eigenvalue weighted by atomic mass is 9.86. The number of fused-ring (bicyclic) bond motifs is 1. The van der Waals surface area contributed by atoms with E-state index in [2.05, 4.69) is 30.9 Å². The molecular weight excluding hydrogens is 434 g/mol. The number of rotatable bonds is 7. The number of halogens is 1. The van der Waals surface area contributed by atoms with Crippen molar-refractivity contribution in [3.63, 3.8) is 0 Å². The fourth-order valence-corrected chi connectivity index (χ4v) is 5.43. The minimum absolute atomic E-state index is 0.108. The number of piperazine rings is 1. The van der Waals surface area contributed by atoms with Gasteiger partial charge in [0.1, 0.15) is 5.75 Å². The molecule has 2 heterocycles. The second-order valence-corrected chi connectivity index (χ2v) is 9.78. The number of amides is 1.